The van der Waals surface area contributed by atoms with E-state index in [2.05, 4.69) is 4.90 Å². The van der Waals surface area contributed by atoms with E-state index in [1.54, 1.807) is 19.1 Å². The summed E-state index contributed by atoms with van der Waals surface area (Å²) in [5, 5.41) is 19.3. The van der Waals surface area contributed by atoms with Gasteiger partial charge < -0.3 is 10.2 Å². The predicted molar refractivity (Wildman–Crippen MR) is 73.1 cm³/mol. The molecule has 0 saturated carbocycles. The Balaban J connectivity index is 2.18. The SMILES string of the molecule is CC(c1ccccc1O)N1CCCC(C)(C(=O)O)C1. The molecule has 1 aliphatic rings. The number of nitrogens with zero attached hydrogens (tertiary/aromatic N) is 1. The molecule has 4 nitrogen and oxygen atoms in total. The molecule has 0 aromatic heterocycles. The summed E-state index contributed by atoms with van der Waals surface area (Å²) in [6.45, 7) is 5.22. The maximum atomic E-state index is 11.4. The summed E-state index contributed by atoms with van der Waals surface area (Å²) in [6.07, 6.45) is 1.59. The van der Waals surface area contributed by atoms with Crippen LogP contribution in [-0.2, 0) is 4.79 Å². The molecule has 2 atom stereocenters. The van der Waals surface area contributed by atoms with E-state index >= 15 is 0 Å². The Hall–Kier alpha value is -1.55. The molecule has 0 spiro atoms. The molecular weight excluding hydrogens is 242 g/mol. The number of hydrogen-bond donors (Lipinski definition) is 2. The minimum Gasteiger partial charge on any atom is -0.508 e. The third-order valence-corrected chi connectivity index (χ3v) is 4.18. The lowest BCUT2D eigenvalue weighted by atomic mass is 9.81. The molecule has 1 aromatic carbocycles. The number of carboxylic acids is 1. The smallest absolute Gasteiger partial charge is 0.310 e. The minimum atomic E-state index is -0.735. The molecule has 0 bridgehead atoms. The maximum absolute atomic E-state index is 11.4. The van der Waals surface area contributed by atoms with Gasteiger partial charge in [-0.3, -0.25) is 9.69 Å². The van der Waals surface area contributed by atoms with Crippen LogP contribution < -0.4 is 0 Å². The van der Waals surface area contributed by atoms with Crippen molar-refractivity contribution in [2.24, 2.45) is 5.41 Å². The summed E-state index contributed by atoms with van der Waals surface area (Å²) >= 11 is 0. The molecule has 2 unspecified atom stereocenters. The fourth-order valence-corrected chi connectivity index (χ4v) is 2.82. The quantitative estimate of drug-likeness (QED) is 0.880. The van der Waals surface area contributed by atoms with E-state index in [0.29, 0.717) is 13.0 Å². The van der Waals surface area contributed by atoms with E-state index in [9.17, 15) is 15.0 Å². The van der Waals surface area contributed by atoms with Gasteiger partial charge in [-0.15, -0.1) is 0 Å². The number of hydrogen-bond acceptors (Lipinski definition) is 3. The number of phenols is 1. The molecule has 1 aliphatic heterocycles. The van der Waals surface area contributed by atoms with Crippen molar-refractivity contribution in [1.29, 1.82) is 0 Å². The summed E-state index contributed by atoms with van der Waals surface area (Å²) in [5.74, 6) is -0.459. The average Bonchev–Trinajstić information content (AvgIpc) is 2.38. The van der Waals surface area contributed by atoms with E-state index < -0.39 is 11.4 Å². The van der Waals surface area contributed by atoms with Crippen LogP contribution in [0, 0.1) is 5.41 Å². The monoisotopic (exact) mass is 263 g/mol. The first-order valence-corrected chi connectivity index (χ1v) is 6.69. The number of phenolic OH excluding ortho intramolecular Hbond substituents is 1. The fourth-order valence-electron chi connectivity index (χ4n) is 2.82. The summed E-state index contributed by atoms with van der Waals surface area (Å²) in [7, 11) is 0. The van der Waals surface area contributed by atoms with Gasteiger partial charge in [0.2, 0.25) is 0 Å². The van der Waals surface area contributed by atoms with Crippen molar-refractivity contribution >= 4 is 5.97 Å². The lowest BCUT2D eigenvalue weighted by molar-refractivity contribution is -0.151. The summed E-state index contributed by atoms with van der Waals surface area (Å²) in [5.41, 5.74) is 0.175. The van der Waals surface area contributed by atoms with Crippen LogP contribution in [0.2, 0.25) is 0 Å². The number of benzene rings is 1. The van der Waals surface area contributed by atoms with Crippen LogP contribution in [0.25, 0.3) is 0 Å². The first-order chi connectivity index (χ1) is 8.94. The average molecular weight is 263 g/mol. The van der Waals surface area contributed by atoms with E-state index in [0.717, 1.165) is 18.5 Å². The molecule has 0 amide bonds. The molecule has 2 N–H and O–H groups in total. The van der Waals surface area contributed by atoms with Gasteiger partial charge in [-0.2, -0.15) is 0 Å². The van der Waals surface area contributed by atoms with Crippen molar-refractivity contribution in [3.63, 3.8) is 0 Å². The highest BCUT2D eigenvalue weighted by Gasteiger charge is 2.39. The molecule has 1 heterocycles. The predicted octanol–water partition coefficient (Wildman–Crippen LogP) is 2.64. The summed E-state index contributed by atoms with van der Waals surface area (Å²) in [4.78, 5) is 13.5. The summed E-state index contributed by atoms with van der Waals surface area (Å²) in [6, 6.07) is 7.29. The lowest BCUT2D eigenvalue weighted by Crippen LogP contribution is -2.46. The highest BCUT2D eigenvalue weighted by Crippen LogP contribution is 2.36. The van der Waals surface area contributed by atoms with Gasteiger partial charge in [0.1, 0.15) is 5.75 Å². The second kappa shape index (κ2) is 5.21. The molecular formula is C15H21NO3. The van der Waals surface area contributed by atoms with Crippen LogP contribution in [0.5, 0.6) is 5.75 Å². The van der Waals surface area contributed by atoms with Crippen LogP contribution in [0.15, 0.2) is 24.3 Å². The summed E-state index contributed by atoms with van der Waals surface area (Å²) < 4.78 is 0. The van der Waals surface area contributed by atoms with Gasteiger partial charge in [0.15, 0.2) is 0 Å². The first kappa shape index (κ1) is 13.9. The van der Waals surface area contributed by atoms with Crippen molar-refractivity contribution in [3.8, 4) is 5.75 Å². The van der Waals surface area contributed by atoms with Gasteiger partial charge in [0.05, 0.1) is 5.41 Å². The van der Waals surface area contributed by atoms with Crippen LogP contribution in [0.1, 0.15) is 38.3 Å². The molecule has 1 saturated heterocycles. The fraction of sp³-hybridized carbons (Fsp3) is 0.533. The van der Waals surface area contributed by atoms with Gasteiger partial charge in [0.25, 0.3) is 0 Å². The Morgan fingerprint density at radius 1 is 1.42 bits per heavy atom. The third-order valence-electron chi connectivity index (χ3n) is 4.18. The molecule has 1 fully saturated rings. The van der Waals surface area contributed by atoms with Crippen molar-refractivity contribution in [3.05, 3.63) is 29.8 Å². The Bertz CT molecular complexity index is 474. The lowest BCUT2D eigenvalue weighted by Gasteiger charge is -2.40. The van der Waals surface area contributed by atoms with Crippen LogP contribution in [0.4, 0.5) is 0 Å². The topological polar surface area (TPSA) is 60.8 Å². The molecule has 19 heavy (non-hydrogen) atoms. The zero-order chi connectivity index (χ0) is 14.0. The maximum Gasteiger partial charge on any atom is 0.310 e. The van der Waals surface area contributed by atoms with Crippen molar-refractivity contribution < 1.29 is 15.0 Å². The zero-order valence-corrected chi connectivity index (χ0v) is 11.5. The first-order valence-electron chi connectivity index (χ1n) is 6.69. The Morgan fingerprint density at radius 3 is 2.74 bits per heavy atom. The Morgan fingerprint density at radius 2 is 2.11 bits per heavy atom. The zero-order valence-electron chi connectivity index (χ0n) is 11.5. The van der Waals surface area contributed by atoms with E-state index in [1.165, 1.54) is 0 Å². The molecule has 2 rings (SSSR count). The van der Waals surface area contributed by atoms with E-state index in [-0.39, 0.29) is 11.8 Å². The molecule has 0 aliphatic carbocycles. The normalized spacial score (nSPS) is 26.0. The van der Waals surface area contributed by atoms with E-state index in [1.807, 2.05) is 19.1 Å². The van der Waals surface area contributed by atoms with Crippen molar-refractivity contribution in [1.82, 2.24) is 4.90 Å². The number of likely N-dealkylation sites (tertiary alicyclic amines) is 1. The third kappa shape index (κ3) is 2.73. The second-order valence-corrected chi connectivity index (χ2v) is 5.67. The van der Waals surface area contributed by atoms with Crippen molar-refractivity contribution in [2.75, 3.05) is 13.1 Å². The minimum absolute atomic E-state index is 0.0279. The van der Waals surface area contributed by atoms with E-state index in [4.69, 9.17) is 0 Å². The van der Waals surface area contributed by atoms with Crippen LogP contribution >= 0.6 is 0 Å². The number of carbonyl (C=O) groups is 1. The van der Waals surface area contributed by atoms with Crippen molar-refractivity contribution in [2.45, 2.75) is 32.7 Å². The Labute approximate surface area is 113 Å². The van der Waals surface area contributed by atoms with Gasteiger partial charge in [-0.25, -0.2) is 0 Å². The number of piperidine rings is 1. The van der Waals surface area contributed by atoms with Gasteiger partial charge >= 0.3 is 5.97 Å². The number of aromatic hydroxyl groups is 1. The number of rotatable bonds is 3. The molecule has 1 aromatic rings. The second-order valence-electron chi connectivity index (χ2n) is 5.67. The highest BCUT2D eigenvalue weighted by molar-refractivity contribution is 5.74. The van der Waals surface area contributed by atoms with Gasteiger partial charge in [-0.1, -0.05) is 18.2 Å². The molecule has 4 heteroatoms. The Kier molecular flexibility index (Phi) is 3.80. The largest absolute Gasteiger partial charge is 0.508 e. The molecule has 104 valence electrons. The molecule has 0 radical (unpaired) electrons. The van der Waals surface area contributed by atoms with Gasteiger partial charge in [0, 0.05) is 18.2 Å². The van der Waals surface area contributed by atoms with Gasteiger partial charge in [-0.05, 0) is 39.3 Å². The number of para-hydroxylation sites is 1. The number of aliphatic carboxylic acids is 1. The highest BCUT2D eigenvalue weighted by atomic mass is 16.4. The van der Waals surface area contributed by atoms with Crippen LogP contribution in [0.3, 0.4) is 0 Å². The van der Waals surface area contributed by atoms with Crippen LogP contribution in [-0.4, -0.2) is 34.2 Å². The standard InChI is InChI=1S/C15H21NO3/c1-11(12-6-3-4-7-13(12)17)16-9-5-8-15(2,10-16)14(18)19/h3-4,6-7,11,17H,5,8-10H2,1-2H3,(H,18,19). The number of carboxylic acid groups (broad SMARTS) is 1.